The Morgan fingerprint density at radius 1 is 1.15 bits per heavy atom. The Hall–Kier alpha value is -2.30. The molecule has 1 heterocycles. The van der Waals surface area contributed by atoms with Gasteiger partial charge in [-0.2, -0.15) is 0 Å². The summed E-state index contributed by atoms with van der Waals surface area (Å²) in [6.45, 7) is 7.79. The fraction of sp³-hybridized carbons (Fsp3) is 0.333. The third-order valence-corrected chi connectivity index (χ3v) is 2.52. The summed E-state index contributed by atoms with van der Waals surface area (Å²) in [7, 11) is 0. The average molecular weight is 277 g/mol. The molecule has 0 aliphatic heterocycles. The summed E-state index contributed by atoms with van der Waals surface area (Å²) in [6.07, 6.45) is 3.59. The second-order valence-corrected chi connectivity index (χ2v) is 3.73. The highest BCUT2D eigenvalue weighted by molar-refractivity contribution is 5.91. The van der Waals surface area contributed by atoms with Crippen LogP contribution < -0.4 is 16.6 Å². The number of aryl methyl sites for hydroxylation is 1. The number of H-pyrrole nitrogens is 2. The van der Waals surface area contributed by atoms with Crippen LogP contribution in [-0.4, -0.2) is 9.97 Å². The van der Waals surface area contributed by atoms with Gasteiger partial charge in [-0.05, 0) is 31.7 Å². The standard InChI is InChI=1S/C12H13N3O2.C2H6.CH4/c1-3-6-13-9-7(2)4-5-8-10(9)14-12(17)15-11(8)16;1-2;/h3-6,13H,1-2H3,(H2,14,15,16,17);1-2H3;1H4/b6-3-;;. The van der Waals surface area contributed by atoms with Gasteiger partial charge in [-0.25, -0.2) is 4.79 Å². The van der Waals surface area contributed by atoms with Crippen LogP contribution in [0.4, 0.5) is 5.69 Å². The van der Waals surface area contributed by atoms with Gasteiger partial charge in [0.05, 0.1) is 16.6 Å². The number of rotatable bonds is 2. The number of benzene rings is 1. The Morgan fingerprint density at radius 2 is 1.80 bits per heavy atom. The van der Waals surface area contributed by atoms with E-state index in [0.717, 1.165) is 11.3 Å². The Morgan fingerprint density at radius 3 is 2.40 bits per heavy atom. The first-order valence-corrected chi connectivity index (χ1v) is 6.27. The maximum absolute atomic E-state index is 11.6. The Bertz CT molecular complexity index is 696. The molecule has 1 aromatic carbocycles. The van der Waals surface area contributed by atoms with E-state index in [1.807, 2.05) is 39.8 Å². The van der Waals surface area contributed by atoms with E-state index in [0.29, 0.717) is 10.9 Å². The molecule has 1 aromatic heterocycles. The van der Waals surface area contributed by atoms with E-state index in [-0.39, 0.29) is 13.0 Å². The smallest absolute Gasteiger partial charge is 0.326 e. The minimum Gasteiger partial charge on any atom is -0.360 e. The maximum Gasteiger partial charge on any atom is 0.326 e. The minimum atomic E-state index is -0.503. The highest BCUT2D eigenvalue weighted by atomic mass is 16.2. The first-order valence-electron chi connectivity index (χ1n) is 6.27. The SMILES string of the molecule is C.C/C=C\Nc1c(C)ccc2c(=O)[nH]c(=O)[nH]c12.CC. The third kappa shape index (κ3) is 3.60. The predicted octanol–water partition coefficient (Wildman–Crippen LogP) is 3.13. The fourth-order valence-corrected chi connectivity index (χ4v) is 1.69. The molecule has 2 rings (SSSR count). The van der Waals surface area contributed by atoms with Gasteiger partial charge in [0.1, 0.15) is 0 Å². The van der Waals surface area contributed by atoms with Crippen LogP contribution in [0.5, 0.6) is 0 Å². The molecule has 2 aromatic rings. The van der Waals surface area contributed by atoms with Crippen molar-refractivity contribution in [3.05, 3.63) is 50.8 Å². The van der Waals surface area contributed by atoms with E-state index in [2.05, 4.69) is 15.3 Å². The van der Waals surface area contributed by atoms with Crippen molar-refractivity contribution in [2.45, 2.75) is 35.1 Å². The first kappa shape index (κ1) is 17.7. The van der Waals surface area contributed by atoms with Gasteiger partial charge in [0.15, 0.2) is 0 Å². The number of aromatic amines is 2. The lowest BCUT2D eigenvalue weighted by Crippen LogP contribution is -2.22. The molecule has 0 radical (unpaired) electrons. The second kappa shape index (κ2) is 7.99. The summed E-state index contributed by atoms with van der Waals surface area (Å²) in [5.41, 5.74) is 1.33. The van der Waals surface area contributed by atoms with Crippen molar-refractivity contribution >= 4 is 16.6 Å². The maximum atomic E-state index is 11.6. The van der Waals surface area contributed by atoms with Crippen LogP contribution in [0.2, 0.25) is 0 Å². The average Bonchev–Trinajstić information content (AvgIpc) is 2.39. The molecule has 0 saturated heterocycles. The molecule has 110 valence electrons. The van der Waals surface area contributed by atoms with E-state index < -0.39 is 5.69 Å². The molecule has 5 heteroatoms. The van der Waals surface area contributed by atoms with Gasteiger partial charge >= 0.3 is 5.69 Å². The molecule has 0 aliphatic carbocycles. The van der Waals surface area contributed by atoms with Gasteiger partial charge in [0, 0.05) is 0 Å². The van der Waals surface area contributed by atoms with Crippen molar-refractivity contribution in [2.75, 3.05) is 5.32 Å². The summed E-state index contributed by atoms with van der Waals surface area (Å²) >= 11 is 0. The van der Waals surface area contributed by atoms with Gasteiger partial charge in [-0.15, -0.1) is 0 Å². The summed E-state index contributed by atoms with van der Waals surface area (Å²) in [5.74, 6) is 0. The van der Waals surface area contributed by atoms with Crippen LogP contribution in [0.3, 0.4) is 0 Å². The zero-order chi connectivity index (χ0) is 14.4. The van der Waals surface area contributed by atoms with Crippen LogP contribution in [0, 0.1) is 6.92 Å². The van der Waals surface area contributed by atoms with E-state index in [1.54, 1.807) is 12.3 Å². The lowest BCUT2D eigenvalue weighted by atomic mass is 10.1. The molecule has 3 N–H and O–H groups in total. The summed E-state index contributed by atoms with van der Waals surface area (Å²) in [5, 5.41) is 3.52. The second-order valence-electron chi connectivity index (χ2n) is 3.73. The van der Waals surface area contributed by atoms with Gasteiger partial charge in [0.2, 0.25) is 0 Å². The van der Waals surface area contributed by atoms with Crippen LogP contribution >= 0.6 is 0 Å². The van der Waals surface area contributed by atoms with Gasteiger partial charge in [-0.1, -0.05) is 33.4 Å². The topological polar surface area (TPSA) is 77.8 Å². The number of anilines is 1. The molecule has 20 heavy (non-hydrogen) atoms. The van der Waals surface area contributed by atoms with Gasteiger partial charge < -0.3 is 10.3 Å². The zero-order valence-corrected chi connectivity index (χ0v) is 11.6. The highest BCUT2D eigenvalue weighted by Crippen LogP contribution is 2.22. The van der Waals surface area contributed by atoms with Crippen molar-refractivity contribution in [2.24, 2.45) is 0 Å². The van der Waals surface area contributed by atoms with Crippen LogP contribution in [0.1, 0.15) is 33.8 Å². The number of allylic oxidation sites excluding steroid dienone is 1. The highest BCUT2D eigenvalue weighted by Gasteiger charge is 2.07. The van der Waals surface area contributed by atoms with Crippen molar-refractivity contribution in [1.29, 1.82) is 0 Å². The number of nitrogens with one attached hydrogen (secondary N) is 3. The third-order valence-electron chi connectivity index (χ3n) is 2.52. The number of fused-ring (bicyclic) bond motifs is 1. The molecule has 0 fully saturated rings. The van der Waals surface area contributed by atoms with E-state index in [4.69, 9.17) is 0 Å². The van der Waals surface area contributed by atoms with Crippen LogP contribution in [0.15, 0.2) is 34.0 Å². The lowest BCUT2D eigenvalue weighted by molar-refractivity contribution is 1.08. The van der Waals surface area contributed by atoms with Crippen molar-refractivity contribution in [3.63, 3.8) is 0 Å². The zero-order valence-electron chi connectivity index (χ0n) is 11.6. The Kier molecular flexibility index (Phi) is 7.07. The van der Waals surface area contributed by atoms with Crippen molar-refractivity contribution in [3.8, 4) is 0 Å². The number of aromatic nitrogens is 2. The van der Waals surface area contributed by atoms with Crippen molar-refractivity contribution in [1.82, 2.24) is 9.97 Å². The quantitative estimate of drug-likeness (QED) is 0.789. The molecule has 0 amide bonds. The molecular weight excluding hydrogens is 254 g/mol. The van der Waals surface area contributed by atoms with E-state index in [9.17, 15) is 9.59 Å². The molecule has 0 atom stereocenters. The molecule has 0 spiro atoms. The van der Waals surface area contributed by atoms with Crippen LogP contribution in [0.25, 0.3) is 10.9 Å². The Labute approximate surface area is 118 Å². The predicted molar refractivity (Wildman–Crippen MR) is 86.4 cm³/mol. The number of hydrogen-bond donors (Lipinski definition) is 3. The molecule has 0 aliphatic rings. The molecule has 5 nitrogen and oxygen atoms in total. The monoisotopic (exact) mass is 277 g/mol. The molecular formula is C15H23N3O2. The van der Waals surface area contributed by atoms with E-state index >= 15 is 0 Å². The lowest BCUT2D eigenvalue weighted by Gasteiger charge is -2.08. The minimum absolute atomic E-state index is 0. The van der Waals surface area contributed by atoms with Gasteiger partial charge in [-0.3, -0.25) is 9.78 Å². The summed E-state index contributed by atoms with van der Waals surface area (Å²) in [4.78, 5) is 27.7. The molecule has 0 unspecified atom stereocenters. The first-order chi connectivity index (χ1) is 9.13. The summed E-state index contributed by atoms with van der Waals surface area (Å²) in [6, 6.07) is 3.53. The number of hydrogen-bond acceptors (Lipinski definition) is 3. The van der Waals surface area contributed by atoms with Crippen molar-refractivity contribution < 1.29 is 0 Å². The summed E-state index contributed by atoms with van der Waals surface area (Å²) < 4.78 is 0. The largest absolute Gasteiger partial charge is 0.360 e. The molecule has 0 bridgehead atoms. The normalized spacial score (nSPS) is 9.80. The fourth-order valence-electron chi connectivity index (χ4n) is 1.69. The van der Waals surface area contributed by atoms with Crippen LogP contribution in [-0.2, 0) is 0 Å². The molecule has 0 saturated carbocycles. The Balaban J connectivity index is 0.00000115. The van der Waals surface area contributed by atoms with E-state index in [1.165, 1.54) is 0 Å². The van der Waals surface area contributed by atoms with Gasteiger partial charge in [0.25, 0.3) is 5.56 Å².